The molecule has 3 atom stereocenters. The van der Waals surface area contributed by atoms with Gasteiger partial charge in [-0.2, -0.15) is 22.0 Å². The highest BCUT2D eigenvalue weighted by atomic mass is 19.4. The molecule has 0 aliphatic carbocycles. The van der Waals surface area contributed by atoms with Crippen LogP contribution in [0.15, 0.2) is 0 Å². The fraction of sp³-hybridized carbons (Fsp3) is 1.00. The molecule has 0 N–H and O–H groups in total. The van der Waals surface area contributed by atoms with Gasteiger partial charge in [0.25, 0.3) is 0 Å². The van der Waals surface area contributed by atoms with Crippen LogP contribution in [-0.2, 0) is 18.9 Å². The van der Waals surface area contributed by atoms with Crippen LogP contribution in [0.3, 0.4) is 0 Å². The Morgan fingerprint density at radius 3 is 2.05 bits per heavy atom. The Labute approximate surface area is 112 Å². The summed E-state index contributed by atoms with van der Waals surface area (Å²) in [5, 5.41) is 0. The quantitative estimate of drug-likeness (QED) is 0.481. The first-order valence-electron chi connectivity index (χ1n) is 6.15. The number of alkyl halides is 5. The van der Waals surface area contributed by atoms with E-state index in [1.54, 1.807) is 0 Å². The van der Waals surface area contributed by atoms with Gasteiger partial charge in [-0.25, -0.2) is 0 Å². The van der Waals surface area contributed by atoms with Crippen molar-refractivity contribution in [1.29, 1.82) is 0 Å². The van der Waals surface area contributed by atoms with Crippen molar-refractivity contribution in [2.45, 2.75) is 36.8 Å². The van der Waals surface area contributed by atoms with Crippen LogP contribution in [0.2, 0.25) is 0 Å². The molecule has 0 saturated carbocycles. The van der Waals surface area contributed by atoms with Crippen molar-refractivity contribution in [2.75, 3.05) is 33.0 Å². The summed E-state index contributed by atoms with van der Waals surface area (Å²) in [4.78, 5) is 0. The molecule has 118 valence electrons. The lowest BCUT2D eigenvalue weighted by molar-refractivity contribution is -0.292. The van der Waals surface area contributed by atoms with E-state index < -0.39 is 24.6 Å². The molecule has 2 rings (SSSR count). The molecule has 2 aliphatic heterocycles. The third-order valence-corrected chi connectivity index (χ3v) is 2.83. The van der Waals surface area contributed by atoms with E-state index in [0.29, 0.717) is 13.2 Å². The Morgan fingerprint density at radius 2 is 1.55 bits per heavy atom. The highest BCUT2D eigenvalue weighted by molar-refractivity contribution is 4.81. The molecule has 9 heteroatoms. The highest BCUT2D eigenvalue weighted by Gasteiger charge is 2.58. The van der Waals surface area contributed by atoms with Gasteiger partial charge in [0.1, 0.15) is 12.2 Å². The second-order valence-corrected chi connectivity index (χ2v) is 4.81. The van der Waals surface area contributed by atoms with Crippen LogP contribution in [0.4, 0.5) is 22.0 Å². The first kappa shape index (κ1) is 15.9. The third-order valence-electron chi connectivity index (χ3n) is 2.83. The molecule has 2 aliphatic rings. The summed E-state index contributed by atoms with van der Waals surface area (Å²) < 4.78 is 82.2. The molecule has 0 spiro atoms. The maximum absolute atomic E-state index is 13.0. The SMILES string of the molecule is FC(F)(F)C(F)(F)CC(COCC1CO1)OCC1CO1. The molecule has 0 aromatic rings. The summed E-state index contributed by atoms with van der Waals surface area (Å²) in [6, 6.07) is 0. The monoisotopic (exact) mass is 306 g/mol. The van der Waals surface area contributed by atoms with E-state index in [0.717, 1.165) is 0 Å². The molecule has 3 unspecified atom stereocenters. The van der Waals surface area contributed by atoms with Gasteiger partial charge in [0, 0.05) is 6.42 Å². The first-order chi connectivity index (χ1) is 9.28. The number of rotatable bonds is 9. The maximum atomic E-state index is 13.0. The van der Waals surface area contributed by atoms with E-state index in [1.807, 2.05) is 0 Å². The van der Waals surface area contributed by atoms with Crippen LogP contribution in [0.25, 0.3) is 0 Å². The average molecular weight is 306 g/mol. The molecule has 0 radical (unpaired) electrons. The van der Waals surface area contributed by atoms with Crippen LogP contribution >= 0.6 is 0 Å². The zero-order valence-corrected chi connectivity index (χ0v) is 10.5. The molecule has 0 bridgehead atoms. The highest BCUT2D eigenvalue weighted by Crippen LogP contribution is 2.39. The summed E-state index contributed by atoms with van der Waals surface area (Å²) in [6.07, 6.45) is -8.71. The zero-order chi connectivity index (χ0) is 14.8. The zero-order valence-electron chi connectivity index (χ0n) is 10.5. The molecule has 0 amide bonds. The summed E-state index contributed by atoms with van der Waals surface area (Å²) >= 11 is 0. The third kappa shape index (κ3) is 5.12. The van der Waals surface area contributed by atoms with Gasteiger partial charge in [0.05, 0.1) is 39.1 Å². The van der Waals surface area contributed by atoms with Crippen molar-refractivity contribution >= 4 is 0 Å². The van der Waals surface area contributed by atoms with Gasteiger partial charge in [0.2, 0.25) is 0 Å². The second kappa shape index (κ2) is 6.08. The van der Waals surface area contributed by atoms with Gasteiger partial charge in [0.15, 0.2) is 0 Å². The predicted molar refractivity (Wildman–Crippen MR) is 55.7 cm³/mol. The topological polar surface area (TPSA) is 43.5 Å². The Kier molecular flexibility index (Phi) is 4.83. The van der Waals surface area contributed by atoms with Crippen molar-refractivity contribution < 1.29 is 40.9 Å². The number of ether oxygens (including phenoxy) is 4. The lowest BCUT2D eigenvalue weighted by atomic mass is 10.1. The minimum absolute atomic E-state index is 0.0120. The number of hydrogen-bond donors (Lipinski definition) is 0. The number of halogens is 5. The van der Waals surface area contributed by atoms with E-state index in [4.69, 9.17) is 18.9 Å². The van der Waals surface area contributed by atoms with Crippen LogP contribution in [0, 0.1) is 0 Å². The van der Waals surface area contributed by atoms with Crippen molar-refractivity contribution in [2.24, 2.45) is 0 Å². The van der Waals surface area contributed by atoms with E-state index in [-0.39, 0.29) is 32.0 Å². The first-order valence-corrected chi connectivity index (χ1v) is 6.15. The molecular weight excluding hydrogens is 291 g/mol. The molecular formula is C11H15F5O4. The minimum atomic E-state index is -5.59. The lowest BCUT2D eigenvalue weighted by Crippen LogP contribution is -2.41. The van der Waals surface area contributed by atoms with Crippen LogP contribution < -0.4 is 0 Å². The van der Waals surface area contributed by atoms with Gasteiger partial charge in [-0.05, 0) is 0 Å². The maximum Gasteiger partial charge on any atom is 0.453 e. The normalized spacial score (nSPS) is 27.4. The Hall–Kier alpha value is -0.510. The Bertz CT molecular complexity index is 314. The standard InChI is InChI=1S/C11H15F5O4/c12-10(13,11(14,15)16)1-7(18-5-9-6-20-9)2-17-3-8-4-19-8/h7-9H,1-6H2. The molecule has 2 saturated heterocycles. The van der Waals surface area contributed by atoms with E-state index in [9.17, 15) is 22.0 Å². The summed E-state index contributed by atoms with van der Waals surface area (Å²) in [6.45, 7) is 0.761. The molecule has 4 nitrogen and oxygen atoms in total. The van der Waals surface area contributed by atoms with Gasteiger partial charge < -0.3 is 18.9 Å². The lowest BCUT2D eigenvalue weighted by Gasteiger charge is -2.25. The Balaban J connectivity index is 1.78. The van der Waals surface area contributed by atoms with Gasteiger partial charge in [-0.1, -0.05) is 0 Å². The van der Waals surface area contributed by atoms with Crippen molar-refractivity contribution in [1.82, 2.24) is 0 Å². The molecule has 0 aromatic carbocycles. The smallest absolute Gasteiger partial charge is 0.376 e. The van der Waals surface area contributed by atoms with E-state index >= 15 is 0 Å². The van der Waals surface area contributed by atoms with Crippen molar-refractivity contribution in [3.63, 3.8) is 0 Å². The van der Waals surface area contributed by atoms with Crippen LogP contribution in [-0.4, -0.2) is 63.4 Å². The van der Waals surface area contributed by atoms with Crippen LogP contribution in [0.5, 0.6) is 0 Å². The minimum Gasteiger partial charge on any atom is -0.376 e. The van der Waals surface area contributed by atoms with Gasteiger partial charge >= 0.3 is 12.1 Å². The summed E-state index contributed by atoms with van der Waals surface area (Å²) in [5.74, 6) is -4.80. The summed E-state index contributed by atoms with van der Waals surface area (Å²) in [7, 11) is 0. The van der Waals surface area contributed by atoms with Gasteiger partial charge in [-0.15, -0.1) is 0 Å². The number of hydrogen-bond acceptors (Lipinski definition) is 4. The van der Waals surface area contributed by atoms with Crippen molar-refractivity contribution in [3.05, 3.63) is 0 Å². The summed E-state index contributed by atoms with van der Waals surface area (Å²) in [5.41, 5.74) is 0. The predicted octanol–water partition coefficient (Wildman–Crippen LogP) is 1.77. The molecule has 20 heavy (non-hydrogen) atoms. The van der Waals surface area contributed by atoms with Crippen molar-refractivity contribution in [3.8, 4) is 0 Å². The number of epoxide rings is 2. The van der Waals surface area contributed by atoms with E-state index in [2.05, 4.69) is 0 Å². The van der Waals surface area contributed by atoms with Crippen LogP contribution in [0.1, 0.15) is 6.42 Å². The Morgan fingerprint density at radius 1 is 1.00 bits per heavy atom. The second-order valence-electron chi connectivity index (χ2n) is 4.81. The van der Waals surface area contributed by atoms with Gasteiger partial charge in [-0.3, -0.25) is 0 Å². The molecule has 0 aromatic heterocycles. The largest absolute Gasteiger partial charge is 0.453 e. The fourth-order valence-electron chi connectivity index (χ4n) is 1.47. The van der Waals surface area contributed by atoms with E-state index in [1.165, 1.54) is 0 Å². The molecule has 2 heterocycles. The fourth-order valence-corrected chi connectivity index (χ4v) is 1.47. The average Bonchev–Trinajstić information content (AvgIpc) is 3.18. The molecule has 2 fully saturated rings.